The molecule has 2 amide bonds. The molecule has 4 heterocycles. The maximum atomic E-state index is 12.7. The van der Waals surface area contributed by atoms with Gasteiger partial charge in [-0.3, -0.25) is 9.69 Å². The van der Waals surface area contributed by atoms with Crippen molar-refractivity contribution in [1.82, 2.24) is 19.8 Å². The quantitative estimate of drug-likeness (QED) is 0.456. The molecule has 0 aromatic carbocycles. The molecule has 0 aliphatic carbocycles. The average molecular weight is 461 g/mol. The molecule has 2 aromatic rings. The van der Waals surface area contributed by atoms with Gasteiger partial charge in [0.1, 0.15) is 6.61 Å². The zero-order chi connectivity index (χ0) is 21.8. The number of carbonyl (C=O) groups is 2. The molecule has 7 nitrogen and oxygen atoms in total. The number of carbonyl (C=O) groups excluding carboxylic acids is 2. The van der Waals surface area contributed by atoms with Gasteiger partial charge in [0.2, 0.25) is 5.91 Å². The number of cyclic esters (lactones) is 1. The number of hydrogen-bond donors (Lipinski definition) is 0. The van der Waals surface area contributed by atoms with Crippen LogP contribution in [0.5, 0.6) is 0 Å². The summed E-state index contributed by atoms with van der Waals surface area (Å²) in [7, 11) is 0. The molecule has 4 rings (SSSR count). The van der Waals surface area contributed by atoms with Gasteiger partial charge in [0.05, 0.1) is 22.4 Å². The molecule has 2 saturated heterocycles. The van der Waals surface area contributed by atoms with Crippen LogP contribution < -0.4 is 0 Å². The Labute approximate surface area is 191 Å². The summed E-state index contributed by atoms with van der Waals surface area (Å²) in [5, 5.41) is 2.63. The topological polar surface area (TPSA) is 75.6 Å². The Kier molecular flexibility index (Phi) is 7.12. The highest BCUT2D eigenvalue weighted by Gasteiger charge is 2.39. The third-order valence-corrected chi connectivity index (χ3v) is 7.43. The van der Waals surface area contributed by atoms with E-state index in [1.807, 2.05) is 33.4 Å². The van der Waals surface area contributed by atoms with E-state index in [1.54, 1.807) is 17.5 Å². The van der Waals surface area contributed by atoms with Gasteiger partial charge in [-0.2, -0.15) is 0 Å². The highest BCUT2D eigenvalue weighted by molar-refractivity contribution is 7.99. The summed E-state index contributed by atoms with van der Waals surface area (Å²) in [5.74, 6) is 0.929. The molecule has 166 valence electrons. The van der Waals surface area contributed by atoms with E-state index in [-0.39, 0.29) is 24.1 Å². The number of piperidine rings is 1. The van der Waals surface area contributed by atoms with Crippen LogP contribution in [0.15, 0.2) is 34.9 Å². The van der Waals surface area contributed by atoms with Crippen molar-refractivity contribution in [2.24, 2.45) is 5.92 Å². The van der Waals surface area contributed by atoms with E-state index in [0.717, 1.165) is 29.8 Å². The molecule has 2 aliphatic heterocycles. The van der Waals surface area contributed by atoms with Crippen molar-refractivity contribution in [3.63, 3.8) is 0 Å². The summed E-state index contributed by atoms with van der Waals surface area (Å²) < 4.78 is 5.32. The van der Waals surface area contributed by atoms with E-state index < -0.39 is 0 Å². The molecule has 2 fully saturated rings. The zero-order valence-electron chi connectivity index (χ0n) is 17.9. The SMILES string of the molecule is CC(C)C[C@@H]1COC(=O)N1C1CCN(C(=O)CSc2nccc(-c3cccs3)n2)CC1. The van der Waals surface area contributed by atoms with Crippen molar-refractivity contribution in [1.29, 1.82) is 0 Å². The van der Waals surface area contributed by atoms with Crippen molar-refractivity contribution >= 4 is 35.1 Å². The lowest BCUT2D eigenvalue weighted by Gasteiger charge is -2.38. The predicted octanol–water partition coefficient (Wildman–Crippen LogP) is 4.16. The van der Waals surface area contributed by atoms with Crippen LogP contribution in [-0.2, 0) is 9.53 Å². The molecular formula is C22H28N4O3S2. The number of thioether (sulfide) groups is 1. The maximum absolute atomic E-state index is 12.7. The van der Waals surface area contributed by atoms with Gasteiger partial charge in [0.15, 0.2) is 5.16 Å². The minimum atomic E-state index is -0.200. The van der Waals surface area contributed by atoms with E-state index in [1.165, 1.54) is 11.8 Å². The fourth-order valence-corrected chi connectivity index (χ4v) is 5.66. The number of rotatable bonds is 7. The van der Waals surface area contributed by atoms with E-state index in [9.17, 15) is 9.59 Å². The van der Waals surface area contributed by atoms with Crippen molar-refractivity contribution in [3.8, 4) is 10.6 Å². The van der Waals surface area contributed by atoms with Crippen LogP contribution in [-0.4, -0.2) is 69.3 Å². The lowest BCUT2D eigenvalue weighted by Crippen LogP contribution is -2.50. The summed E-state index contributed by atoms with van der Waals surface area (Å²) in [6, 6.07) is 6.22. The van der Waals surface area contributed by atoms with Crippen molar-refractivity contribution in [2.45, 2.75) is 50.4 Å². The second-order valence-corrected chi connectivity index (χ2v) is 10.3. The van der Waals surface area contributed by atoms with Gasteiger partial charge < -0.3 is 9.64 Å². The lowest BCUT2D eigenvalue weighted by molar-refractivity contribution is -0.129. The number of ether oxygens (including phenoxy) is 1. The van der Waals surface area contributed by atoms with Crippen LogP contribution in [0.3, 0.4) is 0 Å². The first-order valence-corrected chi connectivity index (χ1v) is 12.6. The standard InChI is InChI=1S/C22H28N4O3S2/c1-15(2)12-17-13-29-22(28)26(17)16-6-9-25(10-7-16)20(27)14-31-21-23-8-5-18(24-21)19-4-3-11-30-19/h3-5,8,11,15-17H,6-7,9-10,12-14H2,1-2H3/t17-/m1/s1. The van der Waals surface area contributed by atoms with Gasteiger partial charge in [-0.15, -0.1) is 11.3 Å². The van der Waals surface area contributed by atoms with Crippen LogP contribution in [0.2, 0.25) is 0 Å². The Hall–Kier alpha value is -2.13. The first-order chi connectivity index (χ1) is 15.0. The van der Waals surface area contributed by atoms with E-state index >= 15 is 0 Å². The van der Waals surface area contributed by atoms with Crippen LogP contribution in [0.4, 0.5) is 4.79 Å². The number of amides is 2. The zero-order valence-corrected chi connectivity index (χ0v) is 19.5. The average Bonchev–Trinajstić information content (AvgIpc) is 3.42. The number of aromatic nitrogens is 2. The number of nitrogens with zero attached hydrogens (tertiary/aromatic N) is 4. The van der Waals surface area contributed by atoms with Gasteiger partial charge in [-0.05, 0) is 42.7 Å². The molecule has 2 aliphatic rings. The molecular weight excluding hydrogens is 432 g/mol. The van der Waals surface area contributed by atoms with E-state index in [4.69, 9.17) is 4.74 Å². The predicted molar refractivity (Wildman–Crippen MR) is 122 cm³/mol. The smallest absolute Gasteiger partial charge is 0.410 e. The number of likely N-dealkylation sites (tertiary alicyclic amines) is 1. The van der Waals surface area contributed by atoms with Gasteiger partial charge in [0.25, 0.3) is 0 Å². The molecule has 9 heteroatoms. The normalized spacial score (nSPS) is 19.8. The van der Waals surface area contributed by atoms with Crippen LogP contribution in [0.1, 0.15) is 33.1 Å². The fourth-order valence-electron chi connectivity index (χ4n) is 4.23. The molecule has 2 aromatic heterocycles. The number of thiophene rings is 1. The van der Waals surface area contributed by atoms with Gasteiger partial charge >= 0.3 is 6.09 Å². The van der Waals surface area contributed by atoms with Crippen molar-refractivity contribution in [3.05, 3.63) is 29.8 Å². The number of hydrogen-bond acceptors (Lipinski definition) is 7. The molecule has 0 radical (unpaired) electrons. The van der Waals surface area contributed by atoms with Crippen LogP contribution >= 0.6 is 23.1 Å². The van der Waals surface area contributed by atoms with Crippen LogP contribution in [0.25, 0.3) is 10.6 Å². The van der Waals surface area contributed by atoms with Crippen LogP contribution in [0, 0.1) is 5.92 Å². The monoisotopic (exact) mass is 460 g/mol. The molecule has 31 heavy (non-hydrogen) atoms. The summed E-state index contributed by atoms with van der Waals surface area (Å²) >= 11 is 3.01. The second-order valence-electron chi connectivity index (χ2n) is 8.37. The molecule has 0 saturated carbocycles. The van der Waals surface area contributed by atoms with Gasteiger partial charge in [-0.25, -0.2) is 14.8 Å². The highest BCUT2D eigenvalue weighted by Crippen LogP contribution is 2.28. The molecule has 0 N–H and O–H groups in total. The minimum Gasteiger partial charge on any atom is -0.447 e. The Balaban J connectivity index is 1.28. The Morgan fingerprint density at radius 2 is 2.13 bits per heavy atom. The second kappa shape index (κ2) is 9.99. The Morgan fingerprint density at radius 3 is 2.84 bits per heavy atom. The third-order valence-electron chi connectivity index (χ3n) is 5.69. The van der Waals surface area contributed by atoms with Crippen molar-refractivity contribution in [2.75, 3.05) is 25.4 Å². The summed E-state index contributed by atoms with van der Waals surface area (Å²) in [4.78, 5) is 38.8. The summed E-state index contributed by atoms with van der Waals surface area (Å²) in [6.07, 6.45) is 4.08. The van der Waals surface area contributed by atoms with Crippen molar-refractivity contribution < 1.29 is 14.3 Å². The van der Waals surface area contributed by atoms with E-state index in [2.05, 4.69) is 23.8 Å². The van der Waals surface area contributed by atoms with Gasteiger partial charge in [0, 0.05) is 25.3 Å². The Morgan fingerprint density at radius 1 is 1.32 bits per heavy atom. The molecule has 0 spiro atoms. The molecule has 1 atom stereocenters. The molecule has 0 unspecified atom stereocenters. The largest absolute Gasteiger partial charge is 0.447 e. The van der Waals surface area contributed by atoms with E-state index in [0.29, 0.717) is 36.5 Å². The first kappa shape index (κ1) is 22.1. The summed E-state index contributed by atoms with van der Waals surface area (Å²) in [5.41, 5.74) is 0.884. The summed E-state index contributed by atoms with van der Waals surface area (Å²) in [6.45, 7) is 6.15. The first-order valence-electron chi connectivity index (χ1n) is 10.7. The minimum absolute atomic E-state index is 0.0938. The lowest BCUT2D eigenvalue weighted by atomic mass is 9.98. The highest BCUT2D eigenvalue weighted by atomic mass is 32.2. The Bertz CT molecular complexity index is 898. The van der Waals surface area contributed by atoms with Gasteiger partial charge in [-0.1, -0.05) is 31.7 Å². The third kappa shape index (κ3) is 5.38. The fraction of sp³-hybridized carbons (Fsp3) is 0.545. The molecule has 0 bridgehead atoms. The maximum Gasteiger partial charge on any atom is 0.410 e.